The average molecular weight is 556 g/mol. The number of hydrogen-bond donors (Lipinski definition) is 2. The molecule has 1 amide bonds. The number of ketones is 1. The number of carbonyl (C=O) groups is 2. The highest BCUT2D eigenvalue weighted by atomic mass is 32.2. The summed E-state index contributed by atoms with van der Waals surface area (Å²) in [7, 11) is 0.132. The second kappa shape index (κ2) is 13.3. The van der Waals surface area contributed by atoms with E-state index in [4.69, 9.17) is 0 Å². The van der Waals surface area contributed by atoms with Crippen LogP contribution in [0, 0.1) is 0 Å². The van der Waals surface area contributed by atoms with Gasteiger partial charge in [0, 0.05) is 12.1 Å². The lowest BCUT2D eigenvalue weighted by Gasteiger charge is -2.20. The number of nitrogens with one attached hydrogen (secondary N) is 2. The molecular formula is C32H33N3O4S. The third-order valence-corrected chi connectivity index (χ3v) is 7.82. The maximum Gasteiger partial charge on any atom is 0.252 e. The van der Waals surface area contributed by atoms with E-state index in [1.54, 1.807) is 30.3 Å². The fraction of sp³-hybridized carbons (Fsp3) is 0.188. The molecule has 0 fully saturated rings. The van der Waals surface area contributed by atoms with Crippen molar-refractivity contribution in [2.24, 2.45) is 0 Å². The van der Waals surface area contributed by atoms with Crippen molar-refractivity contribution in [2.45, 2.75) is 23.9 Å². The molecule has 0 saturated carbocycles. The third kappa shape index (κ3) is 7.72. The standard InChI is InChI=1S/C32H33N3O4S/c1-35(2)23-25-17-19-26(20-18-25)28-15-9-10-16-29(28)32(37)34-30(21-24-11-5-3-6-12-24)31(36)22-33-40(38,39)27-13-7-4-8-14-27/h3-20,30,33H,21-23H2,1-2H3,(H,34,37)/t30-/m0/s1. The molecule has 0 aromatic heterocycles. The van der Waals surface area contributed by atoms with Gasteiger partial charge in [0.15, 0.2) is 5.78 Å². The van der Waals surface area contributed by atoms with Crippen LogP contribution >= 0.6 is 0 Å². The molecule has 4 aromatic carbocycles. The number of Topliss-reactive ketones (excluding diaryl/α,β-unsaturated/α-hetero) is 1. The zero-order chi connectivity index (χ0) is 28.5. The molecule has 206 valence electrons. The molecule has 8 heteroatoms. The molecule has 0 bridgehead atoms. The SMILES string of the molecule is CN(C)Cc1ccc(-c2ccccc2C(=O)N[C@@H](Cc2ccccc2)C(=O)CNS(=O)(=O)c2ccccc2)cc1. The molecule has 40 heavy (non-hydrogen) atoms. The van der Waals surface area contributed by atoms with E-state index < -0.39 is 34.3 Å². The Morgan fingerprint density at radius 2 is 1.35 bits per heavy atom. The van der Waals surface area contributed by atoms with Crippen molar-refractivity contribution in [2.75, 3.05) is 20.6 Å². The molecule has 0 aliphatic carbocycles. The predicted octanol–water partition coefficient (Wildman–Crippen LogP) is 4.30. The van der Waals surface area contributed by atoms with Crippen LogP contribution in [0.4, 0.5) is 0 Å². The van der Waals surface area contributed by atoms with Crippen molar-refractivity contribution in [1.82, 2.24) is 14.9 Å². The van der Waals surface area contributed by atoms with Crippen LogP contribution in [0.3, 0.4) is 0 Å². The Morgan fingerprint density at radius 3 is 2.00 bits per heavy atom. The Morgan fingerprint density at radius 1 is 0.750 bits per heavy atom. The first-order valence-electron chi connectivity index (χ1n) is 13.0. The average Bonchev–Trinajstić information content (AvgIpc) is 2.96. The van der Waals surface area contributed by atoms with Gasteiger partial charge in [-0.1, -0.05) is 91.0 Å². The van der Waals surface area contributed by atoms with Gasteiger partial charge in [-0.25, -0.2) is 13.1 Å². The van der Waals surface area contributed by atoms with Crippen LogP contribution in [-0.2, 0) is 27.8 Å². The van der Waals surface area contributed by atoms with E-state index in [-0.39, 0.29) is 11.3 Å². The molecule has 7 nitrogen and oxygen atoms in total. The highest BCUT2D eigenvalue weighted by Crippen LogP contribution is 2.25. The largest absolute Gasteiger partial charge is 0.342 e. The van der Waals surface area contributed by atoms with Crippen molar-refractivity contribution in [1.29, 1.82) is 0 Å². The number of carbonyl (C=O) groups excluding carboxylic acids is 2. The first-order valence-corrected chi connectivity index (χ1v) is 14.5. The lowest BCUT2D eigenvalue weighted by Crippen LogP contribution is -2.46. The highest BCUT2D eigenvalue weighted by Gasteiger charge is 2.25. The number of benzene rings is 4. The van der Waals surface area contributed by atoms with Gasteiger partial charge in [-0.3, -0.25) is 9.59 Å². The maximum absolute atomic E-state index is 13.6. The van der Waals surface area contributed by atoms with Crippen LogP contribution < -0.4 is 10.0 Å². The van der Waals surface area contributed by atoms with Gasteiger partial charge in [0.05, 0.1) is 17.5 Å². The molecule has 0 radical (unpaired) electrons. The summed E-state index contributed by atoms with van der Waals surface area (Å²) in [5.41, 5.74) is 4.06. The summed E-state index contributed by atoms with van der Waals surface area (Å²) in [5.74, 6) is -0.851. The second-order valence-electron chi connectivity index (χ2n) is 9.80. The van der Waals surface area contributed by atoms with E-state index in [1.165, 1.54) is 12.1 Å². The fourth-order valence-corrected chi connectivity index (χ4v) is 5.41. The Balaban J connectivity index is 1.55. The summed E-state index contributed by atoms with van der Waals surface area (Å²) < 4.78 is 27.8. The molecule has 4 rings (SSSR count). The van der Waals surface area contributed by atoms with Crippen LogP contribution in [0.15, 0.2) is 114 Å². The van der Waals surface area contributed by atoms with Gasteiger partial charge in [-0.15, -0.1) is 0 Å². The summed E-state index contributed by atoms with van der Waals surface area (Å²) in [6.45, 7) is 0.351. The van der Waals surface area contributed by atoms with Crippen LogP contribution in [0.25, 0.3) is 11.1 Å². The van der Waals surface area contributed by atoms with Crippen LogP contribution in [0.5, 0.6) is 0 Å². The number of hydrogen-bond acceptors (Lipinski definition) is 5. The Labute approximate surface area is 235 Å². The summed E-state index contributed by atoms with van der Waals surface area (Å²) in [6, 6.07) is 31.5. The van der Waals surface area contributed by atoms with Crippen molar-refractivity contribution < 1.29 is 18.0 Å². The third-order valence-electron chi connectivity index (χ3n) is 6.40. The Bertz CT molecular complexity index is 1540. The molecule has 1 atom stereocenters. The topological polar surface area (TPSA) is 95.6 Å². The van der Waals surface area contributed by atoms with Crippen LogP contribution in [0.2, 0.25) is 0 Å². The normalized spacial score (nSPS) is 12.2. The van der Waals surface area contributed by atoms with Gasteiger partial charge in [0.25, 0.3) is 5.91 Å². The van der Waals surface area contributed by atoms with Crippen molar-refractivity contribution >= 4 is 21.7 Å². The van der Waals surface area contributed by atoms with E-state index in [0.717, 1.165) is 28.8 Å². The Kier molecular flexibility index (Phi) is 9.60. The Hall–Kier alpha value is -4.11. The molecule has 0 aliphatic rings. The zero-order valence-corrected chi connectivity index (χ0v) is 23.4. The van der Waals surface area contributed by atoms with Gasteiger partial charge in [-0.05, 0) is 61.0 Å². The second-order valence-corrected chi connectivity index (χ2v) is 11.6. The fourth-order valence-electron chi connectivity index (χ4n) is 4.39. The smallest absolute Gasteiger partial charge is 0.252 e. The van der Waals surface area contributed by atoms with E-state index >= 15 is 0 Å². The first kappa shape index (κ1) is 28.9. The molecule has 0 heterocycles. The summed E-state index contributed by atoms with van der Waals surface area (Å²) in [5, 5.41) is 2.88. The predicted molar refractivity (Wildman–Crippen MR) is 157 cm³/mol. The molecule has 0 unspecified atom stereocenters. The van der Waals surface area contributed by atoms with Gasteiger partial charge in [0.2, 0.25) is 10.0 Å². The van der Waals surface area contributed by atoms with Crippen LogP contribution in [-0.4, -0.2) is 51.7 Å². The number of sulfonamides is 1. The minimum Gasteiger partial charge on any atom is -0.342 e. The summed E-state index contributed by atoms with van der Waals surface area (Å²) in [4.78, 5) is 29.0. The molecule has 0 spiro atoms. The molecule has 0 aliphatic heterocycles. The highest BCUT2D eigenvalue weighted by molar-refractivity contribution is 7.89. The van der Waals surface area contributed by atoms with Gasteiger partial charge in [-0.2, -0.15) is 0 Å². The van der Waals surface area contributed by atoms with E-state index in [1.807, 2.05) is 80.8 Å². The molecule has 0 saturated heterocycles. The molecule has 2 N–H and O–H groups in total. The quantitative estimate of drug-likeness (QED) is 0.272. The number of rotatable bonds is 12. The lowest BCUT2D eigenvalue weighted by molar-refractivity contribution is -0.119. The van der Waals surface area contributed by atoms with E-state index in [9.17, 15) is 18.0 Å². The maximum atomic E-state index is 13.6. The van der Waals surface area contributed by atoms with Crippen molar-refractivity contribution in [3.05, 3.63) is 126 Å². The molecular weight excluding hydrogens is 522 g/mol. The number of amides is 1. The van der Waals surface area contributed by atoms with Gasteiger partial charge < -0.3 is 10.2 Å². The summed E-state index contributed by atoms with van der Waals surface area (Å²) in [6.07, 6.45) is 0.222. The van der Waals surface area contributed by atoms with E-state index in [0.29, 0.717) is 5.56 Å². The zero-order valence-electron chi connectivity index (χ0n) is 22.6. The monoisotopic (exact) mass is 555 g/mol. The lowest BCUT2D eigenvalue weighted by atomic mass is 9.97. The van der Waals surface area contributed by atoms with E-state index in [2.05, 4.69) is 14.9 Å². The minimum atomic E-state index is -3.88. The van der Waals surface area contributed by atoms with Crippen LogP contribution in [0.1, 0.15) is 21.5 Å². The van der Waals surface area contributed by atoms with Crippen molar-refractivity contribution in [3.8, 4) is 11.1 Å². The first-order chi connectivity index (χ1) is 19.2. The minimum absolute atomic E-state index is 0.0666. The molecule has 4 aromatic rings. The van der Waals surface area contributed by atoms with Gasteiger partial charge >= 0.3 is 0 Å². The number of nitrogens with zero attached hydrogens (tertiary/aromatic N) is 1. The van der Waals surface area contributed by atoms with Gasteiger partial charge in [0.1, 0.15) is 0 Å². The summed E-state index contributed by atoms with van der Waals surface area (Å²) >= 11 is 0. The van der Waals surface area contributed by atoms with Crippen molar-refractivity contribution in [3.63, 3.8) is 0 Å².